The van der Waals surface area contributed by atoms with Crippen molar-refractivity contribution in [2.75, 3.05) is 0 Å². The van der Waals surface area contributed by atoms with Gasteiger partial charge in [0.2, 0.25) is 0 Å². The maximum Gasteiger partial charge on any atom is 0.415 e. The molecule has 0 spiro atoms. The van der Waals surface area contributed by atoms with E-state index in [4.69, 9.17) is 6.57 Å². The molecule has 0 aliphatic rings. The lowest BCUT2D eigenvalue weighted by Crippen LogP contribution is -2.07. The third-order valence-electron chi connectivity index (χ3n) is 3.04. The van der Waals surface area contributed by atoms with Crippen LogP contribution in [0.15, 0.2) is 30.3 Å². The van der Waals surface area contributed by atoms with Gasteiger partial charge in [0.15, 0.2) is 5.69 Å². The normalized spacial score (nSPS) is 11.3. The lowest BCUT2D eigenvalue weighted by molar-refractivity contribution is -0.137. The molecule has 0 saturated heterocycles. The average Bonchev–Trinajstić information content (AvgIpc) is 2.42. The van der Waals surface area contributed by atoms with E-state index in [-0.39, 0.29) is 16.8 Å². The monoisotopic (exact) mass is 297 g/mol. The van der Waals surface area contributed by atoms with Crippen LogP contribution in [0.4, 0.5) is 27.6 Å². The van der Waals surface area contributed by atoms with Crippen molar-refractivity contribution >= 4 is 5.69 Å². The summed E-state index contributed by atoms with van der Waals surface area (Å²) in [6.07, 6.45) is -4.73. The van der Waals surface area contributed by atoms with Gasteiger partial charge in [0.05, 0.1) is 12.1 Å². The van der Waals surface area contributed by atoms with Gasteiger partial charge < -0.3 is 0 Å². The second-order valence-electron chi connectivity index (χ2n) is 4.37. The average molecular weight is 297 g/mol. The van der Waals surface area contributed by atoms with Crippen molar-refractivity contribution in [3.05, 3.63) is 64.5 Å². The molecule has 2 aromatic rings. The number of halogens is 5. The Hall–Kier alpha value is -2.42. The number of hydrogen-bond donors (Lipinski definition) is 0. The minimum absolute atomic E-state index is 0.285. The zero-order valence-electron chi connectivity index (χ0n) is 10.7. The fourth-order valence-electron chi connectivity index (χ4n) is 1.96. The quantitative estimate of drug-likeness (QED) is 0.483. The van der Waals surface area contributed by atoms with Crippen LogP contribution in [-0.4, -0.2) is 0 Å². The van der Waals surface area contributed by atoms with Crippen molar-refractivity contribution in [1.82, 2.24) is 0 Å². The Morgan fingerprint density at radius 1 is 1.05 bits per heavy atom. The molecular formula is C15H8F5N. The summed E-state index contributed by atoms with van der Waals surface area (Å²) in [5, 5.41) is 0. The lowest BCUT2D eigenvalue weighted by Gasteiger charge is -2.15. The van der Waals surface area contributed by atoms with Gasteiger partial charge in [-0.15, -0.1) is 0 Å². The molecule has 0 aliphatic carbocycles. The maximum atomic E-state index is 13.6. The van der Waals surface area contributed by atoms with Crippen LogP contribution in [-0.2, 0) is 6.18 Å². The van der Waals surface area contributed by atoms with Gasteiger partial charge in [-0.1, -0.05) is 18.2 Å². The van der Waals surface area contributed by atoms with E-state index in [1.54, 1.807) is 0 Å². The first-order valence-electron chi connectivity index (χ1n) is 5.79. The van der Waals surface area contributed by atoms with Crippen LogP contribution in [0, 0.1) is 25.1 Å². The van der Waals surface area contributed by atoms with E-state index in [1.807, 2.05) is 0 Å². The minimum atomic E-state index is -4.73. The Bertz CT molecular complexity index is 718. The molecule has 108 valence electrons. The smallest absolute Gasteiger partial charge is 0.238 e. The van der Waals surface area contributed by atoms with Crippen LogP contribution >= 0.6 is 0 Å². The number of rotatable bonds is 1. The Labute approximate surface area is 117 Å². The van der Waals surface area contributed by atoms with E-state index in [9.17, 15) is 22.0 Å². The minimum Gasteiger partial charge on any atom is -0.238 e. The summed E-state index contributed by atoms with van der Waals surface area (Å²) < 4.78 is 66.3. The molecule has 0 amide bonds. The third-order valence-corrected chi connectivity index (χ3v) is 3.04. The fourth-order valence-corrected chi connectivity index (χ4v) is 1.96. The summed E-state index contributed by atoms with van der Waals surface area (Å²) in [6, 6.07) is 4.64. The van der Waals surface area contributed by atoms with Crippen LogP contribution in [0.25, 0.3) is 16.0 Å². The Balaban J connectivity index is 2.83. The van der Waals surface area contributed by atoms with E-state index in [1.165, 1.54) is 13.0 Å². The maximum absolute atomic E-state index is 13.6. The number of hydrogen-bond acceptors (Lipinski definition) is 0. The third kappa shape index (κ3) is 2.72. The van der Waals surface area contributed by atoms with Crippen molar-refractivity contribution < 1.29 is 22.0 Å². The topological polar surface area (TPSA) is 4.36 Å². The summed E-state index contributed by atoms with van der Waals surface area (Å²) in [4.78, 5) is 3.01. The molecule has 6 heteroatoms. The molecule has 2 aromatic carbocycles. The standard InChI is InChI=1S/C15H8F5N/c1-8-11(16)6-9(7-12(8)17)14-10(15(18,19)20)4-3-5-13(14)21-2/h3-7H,1H3. The summed E-state index contributed by atoms with van der Waals surface area (Å²) >= 11 is 0. The zero-order valence-corrected chi connectivity index (χ0v) is 10.7. The summed E-state index contributed by atoms with van der Waals surface area (Å²) in [7, 11) is 0. The number of nitrogens with zero attached hydrogens (tertiary/aromatic N) is 1. The van der Waals surface area contributed by atoms with Crippen molar-refractivity contribution in [3.8, 4) is 11.1 Å². The van der Waals surface area contributed by atoms with Crippen molar-refractivity contribution in [2.45, 2.75) is 13.1 Å². The molecule has 0 unspecified atom stereocenters. The Morgan fingerprint density at radius 3 is 2.10 bits per heavy atom. The first-order valence-corrected chi connectivity index (χ1v) is 5.79. The molecule has 0 aliphatic heterocycles. The fraction of sp³-hybridized carbons (Fsp3) is 0.133. The summed E-state index contributed by atoms with van der Waals surface area (Å²) in [5.74, 6) is -1.92. The molecule has 2 rings (SSSR count). The van der Waals surface area contributed by atoms with Gasteiger partial charge in [0, 0.05) is 5.56 Å². The second kappa shape index (κ2) is 5.17. The van der Waals surface area contributed by atoms with Crippen LogP contribution in [0.5, 0.6) is 0 Å². The van der Waals surface area contributed by atoms with Gasteiger partial charge in [-0.25, -0.2) is 13.6 Å². The van der Waals surface area contributed by atoms with Crippen molar-refractivity contribution in [1.29, 1.82) is 0 Å². The highest BCUT2D eigenvalue weighted by atomic mass is 19.4. The molecule has 0 N–H and O–H groups in total. The molecule has 0 bridgehead atoms. The van der Waals surface area contributed by atoms with Gasteiger partial charge in [-0.3, -0.25) is 0 Å². The van der Waals surface area contributed by atoms with E-state index in [0.29, 0.717) is 0 Å². The molecule has 1 nitrogen and oxygen atoms in total. The van der Waals surface area contributed by atoms with E-state index < -0.39 is 28.9 Å². The predicted octanol–water partition coefficient (Wildman–Crippen LogP) is 5.51. The highest BCUT2D eigenvalue weighted by Gasteiger charge is 2.34. The molecule has 0 aromatic heterocycles. The molecule has 0 saturated carbocycles. The second-order valence-corrected chi connectivity index (χ2v) is 4.37. The summed E-state index contributed by atoms with van der Waals surface area (Å²) in [5.41, 5.74) is -2.52. The van der Waals surface area contributed by atoms with Gasteiger partial charge >= 0.3 is 6.18 Å². The van der Waals surface area contributed by atoms with Crippen molar-refractivity contribution in [2.24, 2.45) is 0 Å². The number of benzene rings is 2. The number of alkyl halides is 3. The lowest BCUT2D eigenvalue weighted by atomic mass is 9.96. The van der Waals surface area contributed by atoms with Crippen LogP contribution in [0.1, 0.15) is 11.1 Å². The van der Waals surface area contributed by atoms with Crippen molar-refractivity contribution in [3.63, 3.8) is 0 Å². The summed E-state index contributed by atoms with van der Waals surface area (Å²) in [6.45, 7) is 8.14. The van der Waals surface area contributed by atoms with Crippen LogP contribution in [0.3, 0.4) is 0 Å². The zero-order chi connectivity index (χ0) is 15.8. The largest absolute Gasteiger partial charge is 0.415 e. The van der Waals surface area contributed by atoms with E-state index in [2.05, 4.69) is 4.85 Å². The Kier molecular flexibility index (Phi) is 3.69. The van der Waals surface area contributed by atoms with Crippen LogP contribution in [0.2, 0.25) is 0 Å². The van der Waals surface area contributed by atoms with Crippen LogP contribution < -0.4 is 0 Å². The van der Waals surface area contributed by atoms with E-state index >= 15 is 0 Å². The van der Waals surface area contributed by atoms with Gasteiger partial charge in [0.1, 0.15) is 11.6 Å². The highest BCUT2D eigenvalue weighted by Crippen LogP contribution is 2.42. The van der Waals surface area contributed by atoms with Gasteiger partial charge in [-0.2, -0.15) is 13.2 Å². The van der Waals surface area contributed by atoms with E-state index in [0.717, 1.165) is 24.3 Å². The van der Waals surface area contributed by atoms with Gasteiger partial charge in [-0.05, 0) is 30.2 Å². The molecule has 0 atom stereocenters. The SMILES string of the molecule is [C-]#[N+]c1cccc(C(F)(F)F)c1-c1cc(F)c(C)c(F)c1. The molecule has 0 radical (unpaired) electrons. The molecule has 0 heterocycles. The highest BCUT2D eigenvalue weighted by molar-refractivity contribution is 5.82. The molecular weight excluding hydrogens is 289 g/mol. The molecule has 0 fully saturated rings. The van der Waals surface area contributed by atoms with Gasteiger partial charge in [0.25, 0.3) is 0 Å². The first kappa shape index (κ1) is 15.0. The Morgan fingerprint density at radius 2 is 1.62 bits per heavy atom. The first-order chi connectivity index (χ1) is 9.75. The molecule has 21 heavy (non-hydrogen) atoms. The predicted molar refractivity (Wildman–Crippen MR) is 67.8 cm³/mol.